The van der Waals surface area contributed by atoms with Gasteiger partial charge < -0.3 is 10.2 Å². The fraction of sp³-hybridized carbons (Fsp3) is 0.333. The van der Waals surface area contributed by atoms with Crippen molar-refractivity contribution < 1.29 is 10.2 Å². The van der Waals surface area contributed by atoms with Crippen molar-refractivity contribution in [2.24, 2.45) is 4.99 Å². The molecule has 0 aliphatic heterocycles. The van der Waals surface area contributed by atoms with Gasteiger partial charge in [0.15, 0.2) is 0 Å². The van der Waals surface area contributed by atoms with E-state index in [1.165, 1.54) is 11.1 Å². The summed E-state index contributed by atoms with van der Waals surface area (Å²) >= 11 is 0. The Kier molecular flexibility index (Phi) is 4.20. The first-order chi connectivity index (χ1) is 10.7. The maximum atomic E-state index is 10.2. The minimum atomic E-state index is -0.163. The Labute approximate surface area is 130 Å². The molecule has 0 unspecified atom stereocenters. The van der Waals surface area contributed by atoms with E-state index in [1.54, 1.807) is 19.3 Å². The first-order valence-corrected chi connectivity index (χ1v) is 7.60. The van der Waals surface area contributed by atoms with Gasteiger partial charge in [0, 0.05) is 23.5 Å². The largest absolute Gasteiger partial charge is 0.505 e. The number of rotatable bonds is 3. The molecule has 0 amide bonds. The Morgan fingerprint density at radius 3 is 3.00 bits per heavy atom. The summed E-state index contributed by atoms with van der Waals surface area (Å²) < 4.78 is 0. The molecule has 114 valence electrons. The van der Waals surface area contributed by atoms with Gasteiger partial charge in [-0.3, -0.25) is 9.98 Å². The number of aryl methyl sites for hydroxylation is 2. The smallest absolute Gasteiger partial charge is 0.145 e. The third-order valence-corrected chi connectivity index (χ3v) is 4.25. The number of fused-ring (bicyclic) bond motifs is 1. The fourth-order valence-electron chi connectivity index (χ4n) is 2.97. The number of pyridine rings is 1. The van der Waals surface area contributed by atoms with Crippen molar-refractivity contribution in [2.45, 2.75) is 38.8 Å². The lowest BCUT2D eigenvalue weighted by Gasteiger charge is -2.22. The molecule has 1 heterocycles. The molecule has 0 saturated carbocycles. The quantitative estimate of drug-likeness (QED) is 0.855. The highest BCUT2D eigenvalue weighted by Crippen LogP contribution is 2.33. The molecule has 4 nitrogen and oxygen atoms in total. The van der Waals surface area contributed by atoms with Crippen LogP contribution in [0.2, 0.25) is 0 Å². The molecule has 0 bridgehead atoms. The van der Waals surface area contributed by atoms with E-state index in [2.05, 4.69) is 28.2 Å². The van der Waals surface area contributed by atoms with E-state index >= 15 is 0 Å². The van der Waals surface area contributed by atoms with Crippen LogP contribution in [0.4, 0.5) is 0 Å². The number of aliphatic hydroxyl groups is 1. The first-order valence-electron chi connectivity index (χ1n) is 7.60. The molecule has 3 rings (SSSR count). The molecule has 1 aromatic carbocycles. The molecular weight excluding hydrogens is 276 g/mol. The van der Waals surface area contributed by atoms with Crippen LogP contribution >= 0.6 is 0 Å². The summed E-state index contributed by atoms with van der Waals surface area (Å²) in [5, 5.41) is 19.6. The van der Waals surface area contributed by atoms with E-state index in [0.29, 0.717) is 16.8 Å². The highest BCUT2D eigenvalue weighted by Gasteiger charge is 2.18. The summed E-state index contributed by atoms with van der Waals surface area (Å²) in [4.78, 5) is 8.75. The van der Waals surface area contributed by atoms with Crippen LogP contribution in [0.1, 0.15) is 46.8 Å². The van der Waals surface area contributed by atoms with Crippen molar-refractivity contribution >= 4 is 6.21 Å². The van der Waals surface area contributed by atoms with E-state index in [-0.39, 0.29) is 18.4 Å². The Hall–Kier alpha value is -2.20. The second-order valence-electron chi connectivity index (χ2n) is 5.67. The van der Waals surface area contributed by atoms with Crippen molar-refractivity contribution in [3.63, 3.8) is 0 Å². The average Bonchev–Trinajstić information content (AvgIpc) is 2.56. The molecule has 1 aliphatic carbocycles. The summed E-state index contributed by atoms with van der Waals surface area (Å²) in [6.45, 7) is 1.58. The fourth-order valence-corrected chi connectivity index (χ4v) is 2.97. The van der Waals surface area contributed by atoms with Gasteiger partial charge in [-0.15, -0.1) is 0 Å². The molecule has 0 fully saturated rings. The van der Waals surface area contributed by atoms with Gasteiger partial charge in [0.2, 0.25) is 0 Å². The first kappa shape index (κ1) is 14.7. The minimum Gasteiger partial charge on any atom is -0.505 e. The Morgan fingerprint density at radius 2 is 2.18 bits per heavy atom. The monoisotopic (exact) mass is 296 g/mol. The van der Waals surface area contributed by atoms with Crippen LogP contribution in [0.25, 0.3) is 0 Å². The Balaban J connectivity index is 1.95. The predicted octanol–water partition coefficient (Wildman–Crippen LogP) is 3.08. The minimum absolute atomic E-state index is 0.0967. The highest BCUT2D eigenvalue weighted by atomic mass is 16.3. The SMILES string of the molecule is Cc1ncc(CO)c(C=N[C@@H]2CCCc3ccccc32)c1O. The van der Waals surface area contributed by atoms with E-state index in [4.69, 9.17) is 0 Å². The lowest BCUT2D eigenvalue weighted by molar-refractivity contribution is 0.280. The predicted molar refractivity (Wildman–Crippen MR) is 86.3 cm³/mol. The van der Waals surface area contributed by atoms with Gasteiger partial charge in [-0.05, 0) is 37.3 Å². The average molecular weight is 296 g/mol. The molecule has 22 heavy (non-hydrogen) atoms. The second kappa shape index (κ2) is 6.28. The molecule has 1 atom stereocenters. The van der Waals surface area contributed by atoms with E-state index in [0.717, 1.165) is 19.3 Å². The highest BCUT2D eigenvalue weighted by molar-refractivity contribution is 5.85. The number of hydrogen-bond donors (Lipinski definition) is 2. The van der Waals surface area contributed by atoms with Crippen molar-refractivity contribution in [1.29, 1.82) is 0 Å². The van der Waals surface area contributed by atoms with Crippen LogP contribution in [0.3, 0.4) is 0 Å². The molecule has 1 aliphatic rings. The van der Waals surface area contributed by atoms with E-state index < -0.39 is 0 Å². The number of nitrogens with zero attached hydrogens (tertiary/aromatic N) is 2. The zero-order valence-corrected chi connectivity index (χ0v) is 12.7. The number of benzene rings is 1. The van der Waals surface area contributed by atoms with Gasteiger partial charge in [0.1, 0.15) is 5.75 Å². The lowest BCUT2D eigenvalue weighted by atomic mass is 9.88. The third-order valence-electron chi connectivity index (χ3n) is 4.25. The van der Waals surface area contributed by atoms with Crippen molar-refractivity contribution in [3.05, 3.63) is 58.4 Å². The summed E-state index contributed by atoms with van der Waals surface area (Å²) in [7, 11) is 0. The molecule has 1 aromatic heterocycles. The van der Waals surface area contributed by atoms with Crippen LogP contribution in [-0.4, -0.2) is 21.4 Å². The maximum Gasteiger partial charge on any atom is 0.145 e. The summed E-state index contributed by atoms with van der Waals surface area (Å²) in [6.07, 6.45) is 6.50. The molecule has 0 saturated heterocycles. The number of aromatic nitrogens is 1. The summed E-state index contributed by atoms with van der Waals surface area (Å²) in [5.41, 5.74) is 4.32. The van der Waals surface area contributed by atoms with Gasteiger partial charge in [0.05, 0.1) is 18.3 Å². The zero-order valence-electron chi connectivity index (χ0n) is 12.7. The Bertz CT molecular complexity index is 710. The van der Waals surface area contributed by atoms with E-state index in [9.17, 15) is 10.2 Å². The Morgan fingerprint density at radius 1 is 1.36 bits per heavy atom. The standard InChI is InChI=1S/C18H20N2O2/c1-12-18(22)16(14(11-21)9-19-12)10-20-17-8-4-6-13-5-2-3-7-15(13)17/h2-3,5,7,9-10,17,21-22H,4,6,8,11H2,1H3/t17-/m1/s1. The molecule has 0 radical (unpaired) electrons. The number of aliphatic imine (C=N–C) groups is 1. The molecule has 4 heteroatoms. The molecular formula is C18H20N2O2. The van der Waals surface area contributed by atoms with E-state index in [1.807, 2.05) is 6.07 Å². The summed E-state index contributed by atoms with van der Waals surface area (Å²) in [6, 6.07) is 8.50. The maximum absolute atomic E-state index is 10.2. The normalized spacial score (nSPS) is 17.6. The number of hydrogen-bond acceptors (Lipinski definition) is 4. The van der Waals surface area contributed by atoms with Gasteiger partial charge in [-0.1, -0.05) is 24.3 Å². The topological polar surface area (TPSA) is 65.7 Å². The lowest BCUT2D eigenvalue weighted by Crippen LogP contribution is -2.08. The molecule has 0 spiro atoms. The van der Waals surface area contributed by atoms with Gasteiger partial charge >= 0.3 is 0 Å². The van der Waals surface area contributed by atoms with Crippen molar-refractivity contribution in [1.82, 2.24) is 4.98 Å². The molecule has 2 N–H and O–H groups in total. The van der Waals surface area contributed by atoms with Crippen LogP contribution in [-0.2, 0) is 13.0 Å². The van der Waals surface area contributed by atoms with Crippen LogP contribution in [0.5, 0.6) is 5.75 Å². The molecule has 2 aromatic rings. The third kappa shape index (κ3) is 2.74. The second-order valence-corrected chi connectivity index (χ2v) is 5.67. The van der Waals surface area contributed by atoms with Gasteiger partial charge in [-0.2, -0.15) is 0 Å². The van der Waals surface area contributed by atoms with Crippen LogP contribution < -0.4 is 0 Å². The van der Waals surface area contributed by atoms with Crippen LogP contribution in [0.15, 0.2) is 35.5 Å². The van der Waals surface area contributed by atoms with Crippen molar-refractivity contribution in [2.75, 3.05) is 0 Å². The number of aliphatic hydroxyl groups excluding tert-OH is 1. The van der Waals surface area contributed by atoms with Crippen LogP contribution in [0, 0.1) is 6.92 Å². The zero-order chi connectivity index (χ0) is 15.5. The van der Waals surface area contributed by atoms with Crippen molar-refractivity contribution in [3.8, 4) is 5.75 Å². The van der Waals surface area contributed by atoms with Gasteiger partial charge in [0.25, 0.3) is 0 Å². The number of aromatic hydroxyl groups is 1. The van der Waals surface area contributed by atoms with Gasteiger partial charge in [-0.25, -0.2) is 0 Å². The summed E-state index contributed by atoms with van der Waals surface area (Å²) in [5.74, 6) is 0.0967.